The molecule has 0 bridgehead atoms. The van der Waals surface area contributed by atoms with Crippen molar-refractivity contribution < 1.29 is 13.6 Å². The first kappa shape index (κ1) is 20.6. The Hall–Kier alpha value is -4.33. The Morgan fingerprint density at radius 3 is 2.48 bits per heavy atom. The van der Waals surface area contributed by atoms with Crippen molar-refractivity contribution >= 4 is 22.5 Å². The quantitative estimate of drug-likeness (QED) is 0.447. The molecule has 3 aromatic carbocycles. The number of nitrogens with one attached hydrogen (secondary N) is 1. The van der Waals surface area contributed by atoms with Crippen LogP contribution in [-0.4, -0.2) is 20.1 Å². The highest BCUT2D eigenvalue weighted by Gasteiger charge is 2.15. The van der Waals surface area contributed by atoms with E-state index in [1.807, 2.05) is 0 Å². The topological polar surface area (TPSA) is 68.4 Å². The fourth-order valence-corrected chi connectivity index (χ4v) is 3.81. The average molecular weight is 444 g/mol. The number of fused-ring (bicyclic) bond motifs is 3. The molecule has 5 rings (SSSR count). The predicted octanol–water partition coefficient (Wildman–Crippen LogP) is 3.91. The van der Waals surface area contributed by atoms with E-state index in [2.05, 4.69) is 10.4 Å². The van der Waals surface area contributed by atoms with Gasteiger partial charge in [0.2, 0.25) is 0 Å². The Balaban J connectivity index is 1.56. The molecule has 8 heteroatoms. The lowest BCUT2D eigenvalue weighted by atomic mass is 10.1. The minimum atomic E-state index is -0.401. The van der Waals surface area contributed by atoms with Gasteiger partial charge in [-0.25, -0.2) is 13.3 Å². The Kier molecular flexibility index (Phi) is 5.18. The van der Waals surface area contributed by atoms with Crippen LogP contribution in [0, 0.1) is 11.6 Å². The summed E-state index contributed by atoms with van der Waals surface area (Å²) in [6, 6.07) is 18.7. The molecule has 0 aliphatic carbocycles. The maximum Gasteiger partial charge on any atom is 0.277 e. The second kappa shape index (κ2) is 8.31. The Bertz CT molecular complexity index is 1560. The van der Waals surface area contributed by atoms with Gasteiger partial charge in [-0.05, 0) is 48.0 Å². The van der Waals surface area contributed by atoms with Crippen molar-refractivity contribution in [3.63, 3.8) is 0 Å². The van der Waals surface area contributed by atoms with Gasteiger partial charge in [0.05, 0.1) is 23.8 Å². The van der Waals surface area contributed by atoms with Crippen LogP contribution in [0.3, 0.4) is 0 Å². The standard InChI is InChI=1S/C25H18F2N4O2/c26-19-8-5-16(6-9-19)15-30-23-13-17(24(32)28-14-18-3-1-2-4-20(18)27)7-10-21(23)31-22(25(30)33)11-12-29-31/h1-13H,14-15H2,(H,28,32). The summed E-state index contributed by atoms with van der Waals surface area (Å²) in [6.45, 7) is 0.224. The van der Waals surface area contributed by atoms with Crippen LogP contribution in [0.25, 0.3) is 16.6 Å². The normalized spacial score (nSPS) is 11.2. The number of hydrogen-bond donors (Lipinski definition) is 1. The number of benzene rings is 3. The molecule has 0 aliphatic rings. The second-order valence-corrected chi connectivity index (χ2v) is 7.62. The third kappa shape index (κ3) is 3.87. The molecule has 0 atom stereocenters. The van der Waals surface area contributed by atoms with Crippen LogP contribution >= 0.6 is 0 Å². The predicted molar refractivity (Wildman–Crippen MR) is 120 cm³/mol. The monoisotopic (exact) mass is 444 g/mol. The van der Waals surface area contributed by atoms with E-state index in [0.29, 0.717) is 27.7 Å². The van der Waals surface area contributed by atoms with Crippen LogP contribution in [0.5, 0.6) is 0 Å². The highest BCUT2D eigenvalue weighted by molar-refractivity contribution is 5.97. The molecule has 0 saturated heterocycles. The Morgan fingerprint density at radius 1 is 0.909 bits per heavy atom. The van der Waals surface area contributed by atoms with Crippen molar-refractivity contribution in [3.8, 4) is 0 Å². The summed E-state index contributed by atoms with van der Waals surface area (Å²) in [7, 11) is 0. The molecule has 2 aromatic heterocycles. The van der Waals surface area contributed by atoms with Crippen LogP contribution in [0.1, 0.15) is 21.5 Å². The van der Waals surface area contributed by atoms with Crippen LogP contribution in [-0.2, 0) is 13.1 Å². The van der Waals surface area contributed by atoms with Gasteiger partial charge in [0, 0.05) is 17.7 Å². The minimum Gasteiger partial charge on any atom is -0.348 e. The van der Waals surface area contributed by atoms with Gasteiger partial charge in [0.25, 0.3) is 11.5 Å². The molecule has 5 aromatic rings. The molecule has 0 spiro atoms. The lowest BCUT2D eigenvalue weighted by molar-refractivity contribution is 0.0950. The molecule has 0 radical (unpaired) electrons. The first-order valence-corrected chi connectivity index (χ1v) is 10.3. The molecule has 0 unspecified atom stereocenters. The zero-order chi connectivity index (χ0) is 22.9. The summed E-state index contributed by atoms with van der Waals surface area (Å²) in [5.74, 6) is -1.16. The summed E-state index contributed by atoms with van der Waals surface area (Å²) in [6.07, 6.45) is 1.54. The van der Waals surface area contributed by atoms with Gasteiger partial charge in [-0.1, -0.05) is 30.3 Å². The number of carbonyl (C=O) groups is 1. The first-order chi connectivity index (χ1) is 16.0. The number of aromatic nitrogens is 3. The summed E-state index contributed by atoms with van der Waals surface area (Å²) in [5, 5.41) is 6.95. The lowest BCUT2D eigenvalue weighted by Gasteiger charge is -2.14. The molecule has 0 aliphatic heterocycles. The molecule has 1 N–H and O–H groups in total. The largest absolute Gasteiger partial charge is 0.348 e. The van der Waals surface area contributed by atoms with Gasteiger partial charge in [-0.2, -0.15) is 5.10 Å². The lowest BCUT2D eigenvalue weighted by Crippen LogP contribution is -2.25. The molecule has 164 valence electrons. The third-order valence-electron chi connectivity index (χ3n) is 5.51. The molecule has 0 fully saturated rings. The summed E-state index contributed by atoms with van der Waals surface area (Å²) in [4.78, 5) is 26.0. The van der Waals surface area contributed by atoms with Crippen molar-refractivity contribution in [2.24, 2.45) is 0 Å². The van der Waals surface area contributed by atoms with Crippen LogP contribution < -0.4 is 10.9 Å². The molecule has 1 amide bonds. The SMILES string of the molecule is O=C(NCc1ccccc1F)c1ccc2c(c1)n(Cc1ccc(F)cc1)c(=O)c1ccnn12. The van der Waals surface area contributed by atoms with Crippen molar-refractivity contribution in [3.05, 3.63) is 118 Å². The zero-order valence-corrected chi connectivity index (χ0v) is 17.3. The molecule has 0 saturated carbocycles. The van der Waals surface area contributed by atoms with E-state index in [1.54, 1.807) is 54.6 Å². The summed E-state index contributed by atoms with van der Waals surface area (Å²) >= 11 is 0. The summed E-state index contributed by atoms with van der Waals surface area (Å²) in [5.41, 5.74) is 2.67. The molecule has 2 heterocycles. The van der Waals surface area contributed by atoms with E-state index in [4.69, 9.17) is 0 Å². The van der Waals surface area contributed by atoms with Gasteiger partial charge in [-0.3, -0.25) is 9.59 Å². The number of halogens is 2. The Morgan fingerprint density at radius 2 is 1.70 bits per heavy atom. The van der Waals surface area contributed by atoms with Crippen molar-refractivity contribution in [1.29, 1.82) is 0 Å². The highest BCUT2D eigenvalue weighted by atomic mass is 19.1. The number of carbonyl (C=O) groups excluding carboxylic acids is 1. The highest BCUT2D eigenvalue weighted by Crippen LogP contribution is 2.18. The zero-order valence-electron chi connectivity index (χ0n) is 17.3. The average Bonchev–Trinajstić information content (AvgIpc) is 3.32. The molecular weight excluding hydrogens is 426 g/mol. The Labute approximate surface area is 186 Å². The number of hydrogen-bond acceptors (Lipinski definition) is 3. The van der Waals surface area contributed by atoms with Crippen molar-refractivity contribution in [1.82, 2.24) is 19.5 Å². The van der Waals surface area contributed by atoms with E-state index in [9.17, 15) is 18.4 Å². The third-order valence-corrected chi connectivity index (χ3v) is 5.51. The van der Waals surface area contributed by atoms with Crippen LogP contribution in [0.2, 0.25) is 0 Å². The van der Waals surface area contributed by atoms with E-state index in [-0.39, 0.29) is 24.5 Å². The maximum atomic E-state index is 13.9. The smallest absolute Gasteiger partial charge is 0.277 e. The van der Waals surface area contributed by atoms with E-state index >= 15 is 0 Å². The van der Waals surface area contributed by atoms with Crippen LogP contribution in [0.15, 0.2) is 83.8 Å². The van der Waals surface area contributed by atoms with Gasteiger partial charge in [0.1, 0.15) is 17.2 Å². The minimum absolute atomic E-state index is 0.0319. The molecular formula is C25H18F2N4O2. The fraction of sp³-hybridized carbons (Fsp3) is 0.0800. The van der Waals surface area contributed by atoms with Gasteiger partial charge < -0.3 is 9.88 Å². The van der Waals surface area contributed by atoms with E-state index in [0.717, 1.165) is 5.56 Å². The first-order valence-electron chi connectivity index (χ1n) is 10.3. The van der Waals surface area contributed by atoms with E-state index in [1.165, 1.54) is 33.5 Å². The van der Waals surface area contributed by atoms with Gasteiger partial charge in [0.15, 0.2) is 0 Å². The van der Waals surface area contributed by atoms with Crippen molar-refractivity contribution in [2.45, 2.75) is 13.1 Å². The van der Waals surface area contributed by atoms with E-state index < -0.39 is 11.7 Å². The number of amides is 1. The van der Waals surface area contributed by atoms with Crippen LogP contribution in [0.4, 0.5) is 8.78 Å². The van der Waals surface area contributed by atoms with Gasteiger partial charge in [-0.15, -0.1) is 0 Å². The second-order valence-electron chi connectivity index (χ2n) is 7.62. The summed E-state index contributed by atoms with van der Waals surface area (Å²) < 4.78 is 30.3. The number of rotatable bonds is 5. The molecule has 33 heavy (non-hydrogen) atoms. The van der Waals surface area contributed by atoms with Crippen molar-refractivity contribution in [2.75, 3.05) is 0 Å². The van der Waals surface area contributed by atoms with Gasteiger partial charge >= 0.3 is 0 Å². The maximum absolute atomic E-state index is 13.9. The molecule has 6 nitrogen and oxygen atoms in total. The fourth-order valence-electron chi connectivity index (χ4n) is 3.81. The number of nitrogens with zero attached hydrogens (tertiary/aromatic N) is 3.